The van der Waals surface area contributed by atoms with E-state index in [4.69, 9.17) is 4.74 Å². The van der Waals surface area contributed by atoms with Gasteiger partial charge in [0.15, 0.2) is 0 Å². The highest BCUT2D eigenvalue weighted by Crippen LogP contribution is 2.28. The molecule has 128 valence electrons. The standard InChI is InChI=1S/C18H20INO3S/c1-4-13-8-9-17(12(2)10-13)23-11-14-15(19)6-5-7-16(14)20(22)18(21)24-3/h5-10,22H,4,11H2,1-3H3. The van der Waals surface area contributed by atoms with Gasteiger partial charge in [0.05, 0.1) is 5.69 Å². The summed E-state index contributed by atoms with van der Waals surface area (Å²) in [6.45, 7) is 4.41. The number of halogens is 1. The highest BCUT2D eigenvalue weighted by molar-refractivity contribution is 14.1. The molecule has 0 aliphatic rings. The van der Waals surface area contributed by atoms with Gasteiger partial charge in [-0.3, -0.25) is 10.0 Å². The molecule has 2 aromatic rings. The number of ether oxygens (including phenoxy) is 1. The Bertz CT molecular complexity index is 736. The van der Waals surface area contributed by atoms with Gasteiger partial charge in [0.1, 0.15) is 12.4 Å². The van der Waals surface area contributed by atoms with Crippen LogP contribution in [0.1, 0.15) is 23.6 Å². The van der Waals surface area contributed by atoms with Crippen LogP contribution in [0.2, 0.25) is 0 Å². The van der Waals surface area contributed by atoms with E-state index in [9.17, 15) is 10.0 Å². The third-order valence-electron chi connectivity index (χ3n) is 3.69. The Morgan fingerprint density at radius 1 is 1.33 bits per heavy atom. The lowest BCUT2D eigenvalue weighted by Crippen LogP contribution is -2.24. The molecule has 0 aliphatic carbocycles. The van der Waals surface area contributed by atoms with Crippen LogP contribution in [0.5, 0.6) is 5.75 Å². The van der Waals surface area contributed by atoms with Crippen LogP contribution in [0.25, 0.3) is 0 Å². The van der Waals surface area contributed by atoms with Crippen molar-refractivity contribution >= 4 is 45.3 Å². The Balaban J connectivity index is 2.25. The number of hydrogen-bond acceptors (Lipinski definition) is 4. The number of thioether (sulfide) groups is 1. The van der Waals surface area contributed by atoms with Crippen molar-refractivity contribution in [3.63, 3.8) is 0 Å². The number of anilines is 1. The Kier molecular flexibility index (Phi) is 6.94. The molecule has 0 saturated heterocycles. The maximum Gasteiger partial charge on any atom is 0.309 e. The van der Waals surface area contributed by atoms with Gasteiger partial charge in [-0.25, -0.2) is 0 Å². The summed E-state index contributed by atoms with van der Waals surface area (Å²) in [6.07, 6.45) is 2.62. The van der Waals surface area contributed by atoms with E-state index in [1.807, 2.05) is 19.1 Å². The molecule has 0 radical (unpaired) electrons. The lowest BCUT2D eigenvalue weighted by molar-refractivity contribution is 0.223. The summed E-state index contributed by atoms with van der Waals surface area (Å²) in [7, 11) is 0. The van der Waals surface area contributed by atoms with E-state index in [-0.39, 0.29) is 6.61 Å². The summed E-state index contributed by atoms with van der Waals surface area (Å²) in [4.78, 5) is 11.8. The van der Waals surface area contributed by atoms with Crippen LogP contribution in [0, 0.1) is 10.5 Å². The molecule has 0 spiro atoms. The minimum Gasteiger partial charge on any atom is -0.489 e. The highest BCUT2D eigenvalue weighted by Gasteiger charge is 2.18. The number of amides is 1. The van der Waals surface area contributed by atoms with E-state index in [0.717, 1.165) is 38.6 Å². The molecule has 0 aromatic heterocycles. The Labute approximate surface area is 160 Å². The summed E-state index contributed by atoms with van der Waals surface area (Å²) >= 11 is 3.14. The zero-order valence-electron chi connectivity index (χ0n) is 13.9. The molecule has 24 heavy (non-hydrogen) atoms. The Hall–Kier alpha value is -1.25. The van der Waals surface area contributed by atoms with Gasteiger partial charge < -0.3 is 4.74 Å². The largest absolute Gasteiger partial charge is 0.489 e. The molecule has 4 nitrogen and oxygen atoms in total. The molecule has 1 amide bonds. The van der Waals surface area contributed by atoms with Crippen LogP contribution < -0.4 is 9.80 Å². The van der Waals surface area contributed by atoms with Crippen molar-refractivity contribution < 1.29 is 14.7 Å². The minimum atomic E-state index is -0.429. The SMILES string of the molecule is CCc1ccc(OCc2c(I)cccc2N(O)C(=O)SC)c(C)c1. The van der Waals surface area contributed by atoms with Crippen molar-refractivity contribution in [2.75, 3.05) is 11.3 Å². The fourth-order valence-electron chi connectivity index (χ4n) is 2.32. The molecule has 6 heteroatoms. The maximum absolute atomic E-state index is 11.8. The molecule has 0 bridgehead atoms. The average molecular weight is 457 g/mol. The first-order valence-electron chi connectivity index (χ1n) is 7.54. The van der Waals surface area contributed by atoms with Crippen molar-refractivity contribution in [2.45, 2.75) is 26.9 Å². The third-order valence-corrected chi connectivity index (χ3v) is 5.22. The quantitative estimate of drug-likeness (QED) is 0.370. The van der Waals surface area contributed by atoms with E-state index in [2.05, 4.69) is 41.6 Å². The van der Waals surface area contributed by atoms with Crippen LogP contribution in [0.3, 0.4) is 0 Å². The second kappa shape index (κ2) is 8.73. The molecule has 0 saturated carbocycles. The van der Waals surface area contributed by atoms with Gasteiger partial charge in [-0.15, -0.1) is 0 Å². The normalized spacial score (nSPS) is 10.5. The van der Waals surface area contributed by atoms with Gasteiger partial charge in [-0.05, 0) is 71.5 Å². The molecule has 0 heterocycles. The van der Waals surface area contributed by atoms with Crippen molar-refractivity contribution in [3.8, 4) is 5.75 Å². The van der Waals surface area contributed by atoms with E-state index in [1.165, 1.54) is 5.56 Å². The number of hydrogen-bond donors (Lipinski definition) is 1. The van der Waals surface area contributed by atoms with E-state index < -0.39 is 5.24 Å². The summed E-state index contributed by atoms with van der Waals surface area (Å²) in [5, 5.41) is 10.4. The van der Waals surface area contributed by atoms with Gasteiger partial charge in [0.25, 0.3) is 0 Å². The lowest BCUT2D eigenvalue weighted by Gasteiger charge is -2.19. The Morgan fingerprint density at radius 3 is 2.71 bits per heavy atom. The third kappa shape index (κ3) is 4.43. The predicted molar refractivity (Wildman–Crippen MR) is 107 cm³/mol. The number of benzene rings is 2. The first-order chi connectivity index (χ1) is 11.5. The highest BCUT2D eigenvalue weighted by atomic mass is 127. The first-order valence-corrected chi connectivity index (χ1v) is 9.85. The maximum atomic E-state index is 11.8. The molecular weight excluding hydrogens is 437 g/mol. The zero-order chi connectivity index (χ0) is 17.7. The van der Waals surface area contributed by atoms with Gasteiger partial charge in [-0.1, -0.05) is 36.9 Å². The number of hydroxylamine groups is 1. The number of carbonyl (C=O) groups excluding carboxylic acids is 1. The molecule has 2 aromatic carbocycles. The van der Waals surface area contributed by atoms with Gasteiger partial charge in [-0.2, -0.15) is 5.06 Å². The van der Waals surface area contributed by atoms with E-state index in [1.54, 1.807) is 18.4 Å². The molecule has 0 aliphatic heterocycles. The zero-order valence-corrected chi connectivity index (χ0v) is 16.8. The number of aryl methyl sites for hydroxylation is 2. The monoisotopic (exact) mass is 457 g/mol. The number of rotatable bonds is 5. The molecular formula is C18H20INO3S. The summed E-state index contributed by atoms with van der Waals surface area (Å²) < 4.78 is 6.88. The fourth-order valence-corrected chi connectivity index (χ4v) is 3.23. The molecule has 0 fully saturated rings. The van der Waals surface area contributed by atoms with E-state index in [0.29, 0.717) is 10.8 Å². The molecule has 0 atom stereocenters. The fraction of sp³-hybridized carbons (Fsp3) is 0.278. The van der Waals surface area contributed by atoms with Gasteiger partial charge in [0.2, 0.25) is 0 Å². The Morgan fingerprint density at radius 2 is 2.08 bits per heavy atom. The topological polar surface area (TPSA) is 49.8 Å². The second-order valence-corrected chi connectivity index (χ2v) is 7.18. The van der Waals surface area contributed by atoms with Crippen LogP contribution >= 0.6 is 34.4 Å². The number of carbonyl (C=O) groups is 1. The van der Waals surface area contributed by atoms with Crippen LogP contribution in [0.15, 0.2) is 36.4 Å². The van der Waals surface area contributed by atoms with Crippen LogP contribution in [0.4, 0.5) is 10.5 Å². The minimum absolute atomic E-state index is 0.277. The lowest BCUT2D eigenvalue weighted by atomic mass is 10.1. The van der Waals surface area contributed by atoms with E-state index >= 15 is 0 Å². The summed E-state index contributed by atoms with van der Waals surface area (Å²) in [5.41, 5.74) is 3.57. The second-order valence-electron chi connectivity index (χ2n) is 5.26. The van der Waals surface area contributed by atoms with Crippen molar-refractivity contribution in [2.24, 2.45) is 0 Å². The average Bonchev–Trinajstić information content (AvgIpc) is 2.59. The summed E-state index contributed by atoms with van der Waals surface area (Å²) in [6, 6.07) is 11.6. The molecule has 0 unspecified atom stereocenters. The van der Waals surface area contributed by atoms with Crippen molar-refractivity contribution in [1.82, 2.24) is 0 Å². The molecule has 2 rings (SSSR count). The first kappa shape index (κ1) is 19.1. The predicted octanol–water partition coefficient (Wildman–Crippen LogP) is 5.42. The smallest absolute Gasteiger partial charge is 0.309 e. The van der Waals surface area contributed by atoms with Gasteiger partial charge in [0, 0.05) is 9.13 Å². The number of nitrogens with zero attached hydrogens (tertiary/aromatic N) is 1. The summed E-state index contributed by atoms with van der Waals surface area (Å²) in [5.74, 6) is 0.804. The van der Waals surface area contributed by atoms with Crippen LogP contribution in [-0.2, 0) is 13.0 Å². The van der Waals surface area contributed by atoms with Crippen LogP contribution in [-0.4, -0.2) is 16.7 Å². The van der Waals surface area contributed by atoms with Gasteiger partial charge >= 0.3 is 5.24 Å². The van der Waals surface area contributed by atoms with Crippen molar-refractivity contribution in [1.29, 1.82) is 0 Å². The van der Waals surface area contributed by atoms with Crippen molar-refractivity contribution in [3.05, 3.63) is 56.7 Å². The molecule has 1 N–H and O–H groups in total.